The molecule has 3 aromatic heterocycles. The molecule has 1 amide bonds. The quantitative estimate of drug-likeness (QED) is 0.515. The minimum Gasteiger partial charge on any atom is -0.379 e. The van der Waals surface area contributed by atoms with Gasteiger partial charge in [-0.3, -0.25) is 9.48 Å². The second-order valence-corrected chi connectivity index (χ2v) is 8.93. The Morgan fingerprint density at radius 2 is 2.13 bits per heavy atom. The van der Waals surface area contributed by atoms with Gasteiger partial charge in [0.25, 0.3) is 5.91 Å². The zero-order chi connectivity index (χ0) is 21.4. The lowest BCUT2D eigenvalue weighted by atomic mass is 10.0. The molecule has 158 valence electrons. The lowest BCUT2D eigenvalue weighted by molar-refractivity contribution is 0.0925. The number of nitrogens with zero attached hydrogens (tertiary/aromatic N) is 3. The average molecular weight is 433 g/mol. The Labute approximate surface area is 184 Å². The summed E-state index contributed by atoms with van der Waals surface area (Å²) in [6.45, 7) is 3.31. The van der Waals surface area contributed by atoms with Gasteiger partial charge in [0, 0.05) is 25.4 Å². The van der Waals surface area contributed by atoms with Crippen LogP contribution in [0.1, 0.15) is 33.6 Å². The van der Waals surface area contributed by atoms with Crippen molar-refractivity contribution in [1.29, 1.82) is 0 Å². The van der Waals surface area contributed by atoms with E-state index in [1.165, 1.54) is 5.56 Å². The second kappa shape index (κ2) is 8.24. The van der Waals surface area contributed by atoms with Crippen molar-refractivity contribution < 1.29 is 9.53 Å². The van der Waals surface area contributed by atoms with Gasteiger partial charge in [0.15, 0.2) is 0 Å². The van der Waals surface area contributed by atoms with Crippen LogP contribution in [0, 0.1) is 6.92 Å². The fourth-order valence-corrected chi connectivity index (χ4v) is 4.93. The van der Waals surface area contributed by atoms with Gasteiger partial charge in [-0.05, 0) is 54.0 Å². The van der Waals surface area contributed by atoms with Gasteiger partial charge in [0.1, 0.15) is 5.69 Å². The predicted octanol–water partition coefficient (Wildman–Crippen LogP) is 4.11. The van der Waals surface area contributed by atoms with Crippen molar-refractivity contribution in [3.63, 3.8) is 0 Å². The van der Waals surface area contributed by atoms with Crippen LogP contribution in [0.4, 0.5) is 0 Å². The van der Waals surface area contributed by atoms with Gasteiger partial charge in [-0.15, -0.1) is 11.3 Å². The number of hydrogen-bond acceptors (Lipinski definition) is 5. The van der Waals surface area contributed by atoms with E-state index < -0.39 is 0 Å². The van der Waals surface area contributed by atoms with Crippen LogP contribution in [0.15, 0.2) is 48.0 Å². The van der Waals surface area contributed by atoms with Crippen LogP contribution in [-0.4, -0.2) is 39.9 Å². The average Bonchev–Trinajstić information content (AvgIpc) is 3.51. The molecule has 0 unspecified atom stereocenters. The zero-order valence-corrected chi connectivity index (χ0v) is 18.4. The monoisotopic (exact) mass is 432 g/mol. The number of pyridine rings is 1. The summed E-state index contributed by atoms with van der Waals surface area (Å²) in [7, 11) is 1.92. The van der Waals surface area contributed by atoms with Crippen molar-refractivity contribution in [2.75, 3.05) is 13.2 Å². The molecule has 0 radical (unpaired) electrons. The maximum atomic E-state index is 12.9. The third kappa shape index (κ3) is 4.11. The van der Waals surface area contributed by atoms with Gasteiger partial charge in [-0.25, -0.2) is 4.98 Å². The van der Waals surface area contributed by atoms with E-state index in [0.717, 1.165) is 45.4 Å². The largest absolute Gasteiger partial charge is 0.379 e. The summed E-state index contributed by atoms with van der Waals surface area (Å²) in [5.74, 6) is -0.130. The molecule has 5 rings (SSSR count). The number of carbonyl (C=O) groups is 1. The van der Waals surface area contributed by atoms with Crippen LogP contribution in [-0.2, 0) is 18.2 Å². The Morgan fingerprint density at radius 1 is 1.29 bits per heavy atom. The summed E-state index contributed by atoms with van der Waals surface area (Å²) in [4.78, 5) is 17.5. The van der Waals surface area contributed by atoms with Crippen molar-refractivity contribution >= 4 is 27.5 Å². The summed E-state index contributed by atoms with van der Waals surface area (Å²) < 4.78 is 8.33. The SMILES string of the molecule is Cc1csc2c(Cc3ccc(-c4ccn(C)n4)cc3)cc(C(=O)N[C@@H]3CCOC3)nc12. The third-order valence-electron chi connectivity index (χ3n) is 5.63. The number of nitrogens with one attached hydrogen (secondary N) is 1. The molecule has 7 heteroatoms. The minimum absolute atomic E-state index is 0.0659. The molecule has 1 atom stereocenters. The van der Waals surface area contributed by atoms with Crippen molar-refractivity contribution in [3.8, 4) is 11.3 Å². The molecule has 0 saturated carbocycles. The molecule has 1 saturated heterocycles. The Bertz CT molecular complexity index is 1240. The fraction of sp³-hybridized carbons (Fsp3) is 0.292. The molecule has 1 aliphatic rings. The van der Waals surface area contributed by atoms with E-state index in [-0.39, 0.29) is 11.9 Å². The van der Waals surface area contributed by atoms with Crippen molar-refractivity contribution in [3.05, 3.63) is 70.4 Å². The van der Waals surface area contributed by atoms with Crippen molar-refractivity contribution in [2.45, 2.75) is 25.8 Å². The standard InChI is InChI=1S/C24H24N4O2S/c1-15-14-31-23-18(11-16-3-5-17(6-4-16)20-7-9-28(2)27-20)12-21(26-22(15)23)24(29)25-19-8-10-30-13-19/h3-7,9,12,14,19H,8,10-11,13H2,1-2H3,(H,25,29)/t19-/m1/s1. The Balaban J connectivity index is 1.43. The summed E-state index contributed by atoms with van der Waals surface area (Å²) >= 11 is 1.69. The fourth-order valence-electron chi connectivity index (χ4n) is 3.93. The smallest absolute Gasteiger partial charge is 0.270 e. The lowest BCUT2D eigenvalue weighted by Crippen LogP contribution is -2.35. The highest BCUT2D eigenvalue weighted by Gasteiger charge is 2.21. The molecule has 1 fully saturated rings. The first-order valence-corrected chi connectivity index (χ1v) is 11.3. The van der Waals surface area contributed by atoms with Crippen LogP contribution < -0.4 is 5.32 Å². The second-order valence-electron chi connectivity index (χ2n) is 8.05. The maximum Gasteiger partial charge on any atom is 0.270 e. The molecule has 0 aliphatic carbocycles. The first kappa shape index (κ1) is 19.9. The van der Waals surface area contributed by atoms with Crippen LogP contribution in [0.2, 0.25) is 0 Å². The number of thiophene rings is 1. The molecule has 0 spiro atoms. The molecule has 1 aromatic carbocycles. The van der Waals surface area contributed by atoms with E-state index in [1.807, 2.05) is 32.3 Å². The Kier molecular flexibility index (Phi) is 5.29. The van der Waals surface area contributed by atoms with Gasteiger partial charge >= 0.3 is 0 Å². The highest BCUT2D eigenvalue weighted by atomic mass is 32.1. The predicted molar refractivity (Wildman–Crippen MR) is 122 cm³/mol. The van der Waals surface area contributed by atoms with Crippen LogP contribution in [0.25, 0.3) is 21.5 Å². The maximum absolute atomic E-state index is 12.9. The zero-order valence-electron chi connectivity index (χ0n) is 17.6. The van der Waals surface area contributed by atoms with Crippen molar-refractivity contribution in [2.24, 2.45) is 7.05 Å². The van der Waals surface area contributed by atoms with Gasteiger partial charge in [0.2, 0.25) is 0 Å². The Hall–Kier alpha value is -3.03. The van der Waals surface area contributed by atoms with Gasteiger partial charge in [0.05, 0.1) is 28.6 Å². The van der Waals surface area contributed by atoms with Crippen LogP contribution in [0.3, 0.4) is 0 Å². The molecule has 0 bridgehead atoms. The molecule has 1 aliphatic heterocycles. The van der Waals surface area contributed by atoms with Crippen LogP contribution in [0.5, 0.6) is 0 Å². The molecule has 4 aromatic rings. The Morgan fingerprint density at radius 3 is 2.84 bits per heavy atom. The summed E-state index contributed by atoms with van der Waals surface area (Å²) in [6.07, 6.45) is 3.54. The molecule has 4 heterocycles. The highest BCUT2D eigenvalue weighted by molar-refractivity contribution is 7.17. The van der Waals surface area contributed by atoms with Gasteiger partial charge in [-0.2, -0.15) is 5.10 Å². The van der Waals surface area contributed by atoms with Gasteiger partial charge in [-0.1, -0.05) is 24.3 Å². The number of carbonyl (C=O) groups excluding carboxylic acids is 1. The topological polar surface area (TPSA) is 69.0 Å². The summed E-state index contributed by atoms with van der Waals surface area (Å²) in [5.41, 5.74) is 6.86. The number of amides is 1. The molecule has 31 heavy (non-hydrogen) atoms. The van der Waals surface area contributed by atoms with E-state index >= 15 is 0 Å². The normalized spacial score (nSPS) is 16.1. The number of aromatic nitrogens is 3. The van der Waals surface area contributed by atoms with Gasteiger partial charge < -0.3 is 10.1 Å². The molecular formula is C24H24N4O2S. The lowest BCUT2D eigenvalue weighted by Gasteiger charge is -2.12. The summed E-state index contributed by atoms with van der Waals surface area (Å²) in [5, 5.41) is 9.64. The molecular weight excluding hydrogens is 408 g/mol. The number of aryl methyl sites for hydroxylation is 2. The molecule has 1 N–H and O–H groups in total. The van der Waals surface area contributed by atoms with E-state index in [4.69, 9.17) is 4.74 Å². The number of ether oxygens (including phenoxy) is 1. The van der Waals surface area contributed by atoms with Crippen molar-refractivity contribution in [1.82, 2.24) is 20.1 Å². The highest BCUT2D eigenvalue weighted by Crippen LogP contribution is 2.30. The third-order valence-corrected chi connectivity index (χ3v) is 6.80. The van der Waals surface area contributed by atoms with E-state index in [2.05, 4.69) is 45.0 Å². The minimum atomic E-state index is -0.130. The number of fused-ring (bicyclic) bond motifs is 1. The van der Waals surface area contributed by atoms with E-state index in [1.54, 1.807) is 16.0 Å². The van der Waals surface area contributed by atoms with E-state index in [9.17, 15) is 4.79 Å². The first-order chi connectivity index (χ1) is 15.1. The molecule has 6 nitrogen and oxygen atoms in total. The first-order valence-electron chi connectivity index (χ1n) is 10.4. The number of benzene rings is 1. The number of hydrogen-bond donors (Lipinski definition) is 1. The number of rotatable bonds is 5. The van der Waals surface area contributed by atoms with E-state index in [0.29, 0.717) is 18.9 Å². The van der Waals surface area contributed by atoms with Crippen LogP contribution >= 0.6 is 11.3 Å². The summed E-state index contributed by atoms with van der Waals surface area (Å²) in [6, 6.07) is 12.5.